The van der Waals surface area contributed by atoms with Gasteiger partial charge in [-0.1, -0.05) is 74.0 Å². The number of benzene rings is 2. The summed E-state index contributed by atoms with van der Waals surface area (Å²) in [6, 6.07) is 22.7. The van der Waals surface area contributed by atoms with Gasteiger partial charge in [-0.3, -0.25) is 9.80 Å². The van der Waals surface area contributed by atoms with E-state index in [0.29, 0.717) is 18.2 Å². The van der Waals surface area contributed by atoms with E-state index in [0.717, 1.165) is 19.7 Å². The maximum absolute atomic E-state index is 6.52. The highest BCUT2D eigenvalue weighted by Crippen LogP contribution is 2.31. The summed E-state index contributed by atoms with van der Waals surface area (Å²) in [5, 5.41) is 0. The van der Waals surface area contributed by atoms with Gasteiger partial charge in [-0.05, 0) is 36.9 Å². The fourth-order valence-corrected chi connectivity index (χ4v) is 4.80. The zero-order valence-corrected chi connectivity index (χ0v) is 17.2. The molecular formula is C25H34N2O. The molecule has 3 heteroatoms. The molecule has 3 nitrogen and oxygen atoms in total. The summed E-state index contributed by atoms with van der Waals surface area (Å²) < 4.78 is 6.52. The van der Waals surface area contributed by atoms with Crippen molar-refractivity contribution in [1.29, 1.82) is 0 Å². The highest BCUT2D eigenvalue weighted by atomic mass is 16.5. The van der Waals surface area contributed by atoms with Gasteiger partial charge in [0, 0.05) is 31.7 Å². The van der Waals surface area contributed by atoms with Crippen LogP contribution in [0.5, 0.6) is 0 Å². The lowest BCUT2D eigenvalue weighted by atomic mass is 10.0. The lowest BCUT2D eigenvalue weighted by Gasteiger charge is -2.45. The van der Waals surface area contributed by atoms with Gasteiger partial charge in [-0.2, -0.15) is 0 Å². The van der Waals surface area contributed by atoms with E-state index in [1.807, 2.05) is 0 Å². The Morgan fingerprint density at radius 2 is 1.57 bits per heavy atom. The molecule has 3 unspecified atom stereocenters. The van der Waals surface area contributed by atoms with Crippen LogP contribution < -0.4 is 0 Å². The zero-order chi connectivity index (χ0) is 19.2. The summed E-state index contributed by atoms with van der Waals surface area (Å²) in [6.45, 7) is 7.62. The normalized spacial score (nSPS) is 25.7. The molecule has 3 saturated heterocycles. The predicted octanol–water partition coefficient (Wildman–Crippen LogP) is 4.72. The third-order valence-electron chi connectivity index (χ3n) is 6.40. The van der Waals surface area contributed by atoms with Crippen LogP contribution in [0.25, 0.3) is 0 Å². The molecule has 150 valence electrons. The minimum Gasteiger partial charge on any atom is -0.372 e. The first-order valence-corrected chi connectivity index (χ1v) is 11.0. The molecule has 5 rings (SSSR count). The number of rotatable bonds is 8. The smallest absolute Gasteiger partial charge is 0.0747 e. The number of nitrogens with zero attached hydrogens (tertiary/aromatic N) is 2. The number of hydrogen-bond donors (Lipinski definition) is 0. The Balaban J connectivity index is 1.46. The lowest BCUT2D eigenvalue weighted by molar-refractivity contribution is -0.0475. The molecule has 2 aromatic carbocycles. The topological polar surface area (TPSA) is 15.7 Å². The molecule has 3 atom stereocenters. The first kappa shape index (κ1) is 19.6. The van der Waals surface area contributed by atoms with Crippen molar-refractivity contribution in [2.24, 2.45) is 0 Å². The van der Waals surface area contributed by atoms with Crippen LogP contribution in [0.3, 0.4) is 0 Å². The monoisotopic (exact) mass is 378 g/mol. The molecule has 2 aromatic rings. The van der Waals surface area contributed by atoms with Gasteiger partial charge < -0.3 is 4.74 Å². The molecule has 3 heterocycles. The summed E-state index contributed by atoms with van der Waals surface area (Å²) in [6.07, 6.45) is 5.30. The SMILES string of the molecule is CCCCN1CC2CCC(OCc3ccccc3)C1CN2Cc1ccccc1. The highest BCUT2D eigenvalue weighted by Gasteiger charge is 2.41. The van der Waals surface area contributed by atoms with E-state index < -0.39 is 0 Å². The van der Waals surface area contributed by atoms with Gasteiger partial charge in [0.25, 0.3) is 0 Å². The van der Waals surface area contributed by atoms with Gasteiger partial charge in [-0.15, -0.1) is 0 Å². The molecule has 0 aromatic heterocycles. The zero-order valence-electron chi connectivity index (χ0n) is 17.2. The number of unbranched alkanes of at least 4 members (excludes halogenated alkanes) is 1. The number of ether oxygens (including phenoxy) is 1. The van der Waals surface area contributed by atoms with Gasteiger partial charge in [0.1, 0.15) is 0 Å². The van der Waals surface area contributed by atoms with Crippen molar-refractivity contribution in [2.45, 2.75) is 63.9 Å². The van der Waals surface area contributed by atoms with Crippen molar-refractivity contribution in [2.75, 3.05) is 19.6 Å². The lowest BCUT2D eigenvalue weighted by Crippen LogP contribution is -2.59. The number of fused-ring (bicyclic) bond motifs is 4. The van der Waals surface area contributed by atoms with E-state index in [9.17, 15) is 0 Å². The third-order valence-corrected chi connectivity index (χ3v) is 6.40. The molecule has 0 amide bonds. The number of hydrogen-bond acceptors (Lipinski definition) is 3. The largest absolute Gasteiger partial charge is 0.372 e. The minimum absolute atomic E-state index is 0.336. The fourth-order valence-electron chi connectivity index (χ4n) is 4.80. The van der Waals surface area contributed by atoms with Crippen LogP contribution in [0.4, 0.5) is 0 Å². The van der Waals surface area contributed by atoms with Crippen LogP contribution in [-0.4, -0.2) is 47.6 Å². The first-order chi connectivity index (χ1) is 13.8. The van der Waals surface area contributed by atoms with E-state index in [4.69, 9.17) is 4.74 Å². The van der Waals surface area contributed by atoms with E-state index in [2.05, 4.69) is 77.4 Å². The molecule has 0 N–H and O–H groups in total. The van der Waals surface area contributed by atoms with Gasteiger partial charge >= 0.3 is 0 Å². The number of piperazine rings is 1. The second kappa shape index (κ2) is 9.69. The maximum Gasteiger partial charge on any atom is 0.0747 e. The van der Waals surface area contributed by atoms with Gasteiger partial charge in [0.2, 0.25) is 0 Å². The Morgan fingerprint density at radius 3 is 2.29 bits per heavy atom. The molecular weight excluding hydrogens is 344 g/mol. The summed E-state index contributed by atoms with van der Waals surface area (Å²) in [7, 11) is 0. The van der Waals surface area contributed by atoms with Crippen LogP contribution >= 0.6 is 0 Å². The summed E-state index contributed by atoms with van der Waals surface area (Å²) in [5.74, 6) is 0. The average molecular weight is 379 g/mol. The van der Waals surface area contributed by atoms with Crippen molar-refractivity contribution >= 4 is 0 Å². The van der Waals surface area contributed by atoms with Crippen molar-refractivity contribution in [1.82, 2.24) is 9.80 Å². The van der Waals surface area contributed by atoms with Crippen LogP contribution in [-0.2, 0) is 17.9 Å². The van der Waals surface area contributed by atoms with E-state index in [1.165, 1.54) is 49.9 Å². The molecule has 0 saturated carbocycles. The maximum atomic E-state index is 6.52. The van der Waals surface area contributed by atoms with Crippen LogP contribution in [0.15, 0.2) is 60.7 Å². The Labute approximate surface area is 170 Å². The standard InChI is InChI=1S/C25H34N2O/c1-2-3-16-26-18-23-14-15-25(28-20-22-12-8-5-9-13-22)24(26)19-27(23)17-21-10-6-4-7-11-21/h4-13,23-25H,2-3,14-20H2,1H3. The van der Waals surface area contributed by atoms with Crippen LogP contribution in [0.2, 0.25) is 0 Å². The predicted molar refractivity (Wildman–Crippen MR) is 115 cm³/mol. The van der Waals surface area contributed by atoms with E-state index in [-0.39, 0.29) is 0 Å². The molecule has 0 spiro atoms. The molecule has 28 heavy (non-hydrogen) atoms. The van der Waals surface area contributed by atoms with Crippen LogP contribution in [0, 0.1) is 0 Å². The van der Waals surface area contributed by atoms with Crippen molar-refractivity contribution in [3.05, 3.63) is 71.8 Å². The fraction of sp³-hybridized carbons (Fsp3) is 0.520. The summed E-state index contributed by atoms with van der Waals surface area (Å²) in [4.78, 5) is 5.45. The van der Waals surface area contributed by atoms with Crippen molar-refractivity contribution < 1.29 is 4.74 Å². The first-order valence-electron chi connectivity index (χ1n) is 11.0. The molecule has 2 bridgehead atoms. The van der Waals surface area contributed by atoms with E-state index >= 15 is 0 Å². The summed E-state index contributed by atoms with van der Waals surface area (Å²) in [5.41, 5.74) is 2.71. The third kappa shape index (κ3) is 4.83. The van der Waals surface area contributed by atoms with Gasteiger partial charge in [-0.25, -0.2) is 0 Å². The Morgan fingerprint density at radius 1 is 0.857 bits per heavy atom. The molecule has 0 radical (unpaired) electrons. The molecule has 3 fully saturated rings. The van der Waals surface area contributed by atoms with Crippen LogP contribution in [0.1, 0.15) is 43.7 Å². The second-order valence-corrected chi connectivity index (χ2v) is 8.40. The van der Waals surface area contributed by atoms with E-state index in [1.54, 1.807) is 0 Å². The molecule has 0 aliphatic carbocycles. The Kier molecular flexibility index (Phi) is 6.79. The summed E-state index contributed by atoms with van der Waals surface area (Å²) >= 11 is 0. The van der Waals surface area contributed by atoms with Gasteiger partial charge in [0.05, 0.1) is 12.7 Å². The Bertz CT molecular complexity index is 705. The average Bonchev–Trinajstić information content (AvgIpc) is 3.01. The molecule has 3 aliphatic heterocycles. The molecule has 3 aliphatic rings. The minimum atomic E-state index is 0.336. The highest BCUT2D eigenvalue weighted by molar-refractivity contribution is 5.16. The van der Waals surface area contributed by atoms with Crippen molar-refractivity contribution in [3.63, 3.8) is 0 Å². The van der Waals surface area contributed by atoms with Crippen molar-refractivity contribution in [3.8, 4) is 0 Å². The quantitative estimate of drug-likeness (QED) is 0.661. The Hall–Kier alpha value is -1.68. The second-order valence-electron chi connectivity index (χ2n) is 8.40. The van der Waals surface area contributed by atoms with Gasteiger partial charge in [0.15, 0.2) is 0 Å².